The minimum absolute atomic E-state index is 0.472. The highest BCUT2D eigenvalue weighted by Crippen LogP contribution is 2.16. The van der Waals surface area contributed by atoms with Crippen LogP contribution in [0.1, 0.15) is 31.8 Å². The second-order valence-corrected chi connectivity index (χ2v) is 4.34. The largest absolute Gasteiger partial charge is 0.344 e. The molecule has 0 aliphatic heterocycles. The lowest BCUT2D eigenvalue weighted by atomic mass is 10.1. The van der Waals surface area contributed by atoms with Crippen LogP contribution in [0.2, 0.25) is 0 Å². The Labute approximate surface area is 87.3 Å². The summed E-state index contributed by atoms with van der Waals surface area (Å²) in [4.78, 5) is 7.45. The van der Waals surface area contributed by atoms with Crippen molar-refractivity contribution in [1.82, 2.24) is 9.97 Å². The van der Waals surface area contributed by atoms with Crippen LogP contribution in [-0.2, 0) is 13.0 Å². The first kappa shape index (κ1) is 10.7. The van der Waals surface area contributed by atoms with Crippen molar-refractivity contribution in [2.75, 3.05) is 0 Å². The number of hydrogen-bond donors (Lipinski definition) is 2. The molecule has 0 saturated carbocycles. The maximum atomic E-state index is 5.47. The van der Waals surface area contributed by atoms with Gasteiger partial charge in [0.15, 0.2) is 0 Å². The predicted molar refractivity (Wildman–Crippen MR) is 57.3 cm³/mol. The van der Waals surface area contributed by atoms with Crippen LogP contribution in [0.15, 0.2) is 4.60 Å². The van der Waals surface area contributed by atoms with Crippen molar-refractivity contribution in [2.24, 2.45) is 11.7 Å². The van der Waals surface area contributed by atoms with Gasteiger partial charge in [-0.2, -0.15) is 0 Å². The van der Waals surface area contributed by atoms with Gasteiger partial charge < -0.3 is 10.7 Å². The van der Waals surface area contributed by atoms with E-state index in [9.17, 15) is 0 Å². The molecule has 4 heteroatoms. The number of nitrogens with one attached hydrogen (secondary N) is 1. The van der Waals surface area contributed by atoms with Gasteiger partial charge in [-0.3, -0.25) is 0 Å². The fraction of sp³-hybridized carbons (Fsp3) is 0.667. The van der Waals surface area contributed by atoms with Crippen LogP contribution >= 0.6 is 15.9 Å². The Morgan fingerprint density at radius 2 is 2.23 bits per heavy atom. The zero-order valence-electron chi connectivity index (χ0n) is 8.10. The topological polar surface area (TPSA) is 54.7 Å². The number of halogens is 1. The molecular weight excluding hydrogens is 230 g/mol. The Morgan fingerprint density at radius 3 is 2.69 bits per heavy atom. The first-order chi connectivity index (χ1) is 6.13. The van der Waals surface area contributed by atoms with Crippen LogP contribution in [0.25, 0.3) is 0 Å². The molecule has 74 valence electrons. The zero-order chi connectivity index (χ0) is 9.84. The van der Waals surface area contributed by atoms with Crippen LogP contribution in [-0.4, -0.2) is 9.97 Å². The maximum absolute atomic E-state index is 5.47. The van der Waals surface area contributed by atoms with E-state index in [2.05, 4.69) is 39.7 Å². The summed E-state index contributed by atoms with van der Waals surface area (Å²) in [5.41, 5.74) is 6.63. The number of nitrogens with two attached hydrogens (primary N) is 1. The third-order valence-corrected chi connectivity index (χ3v) is 2.60. The van der Waals surface area contributed by atoms with Gasteiger partial charge in [0.25, 0.3) is 0 Å². The summed E-state index contributed by atoms with van der Waals surface area (Å²) >= 11 is 3.41. The highest BCUT2D eigenvalue weighted by molar-refractivity contribution is 9.10. The highest BCUT2D eigenvalue weighted by Gasteiger charge is 2.06. The van der Waals surface area contributed by atoms with Crippen molar-refractivity contribution in [1.29, 1.82) is 0 Å². The van der Waals surface area contributed by atoms with E-state index in [1.807, 2.05) is 0 Å². The fourth-order valence-corrected chi connectivity index (χ4v) is 1.65. The molecule has 1 rings (SSSR count). The molecule has 0 amide bonds. The van der Waals surface area contributed by atoms with Crippen LogP contribution in [0, 0.1) is 5.92 Å². The molecule has 13 heavy (non-hydrogen) atoms. The molecule has 0 unspecified atom stereocenters. The molecule has 0 atom stereocenters. The van der Waals surface area contributed by atoms with E-state index in [-0.39, 0.29) is 0 Å². The Kier molecular flexibility index (Phi) is 3.93. The summed E-state index contributed by atoms with van der Waals surface area (Å²) in [5.74, 6) is 1.57. The Bertz CT molecular complexity index is 268. The van der Waals surface area contributed by atoms with Crippen LogP contribution in [0.4, 0.5) is 0 Å². The van der Waals surface area contributed by atoms with Crippen LogP contribution in [0.3, 0.4) is 0 Å². The Morgan fingerprint density at radius 1 is 1.54 bits per heavy atom. The van der Waals surface area contributed by atoms with E-state index in [1.165, 1.54) is 6.42 Å². The number of imidazole rings is 1. The van der Waals surface area contributed by atoms with Crippen molar-refractivity contribution in [3.05, 3.63) is 16.1 Å². The monoisotopic (exact) mass is 245 g/mol. The summed E-state index contributed by atoms with van der Waals surface area (Å²) in [6.07, 6.45) is 2.20. The summed E-state index contributed by atoms with van der Waals surface area (Å²) < 4.78 is 0.911. The van der Waals surface area contributed by atoms with E-state index >= 15 is 0 Å². The quantitative estimate of drug-likeness (QED) is 0.855. The molecule has 0 radical (unpaired) electrons. The summed E-state index contributed by atoms with van der Waals surface area (Å²) in [6.45, 7) is 4.91. The SMILES string of the molecule is CC(C)CCc1[nH]c(CN)nc1Br. The van der Waals surface area contributed by atoms with Crippen LogP contribution in [0.5, 0.6) is 0 Å². The molecule has 0 aliphatic rings. The molecule has 3 nitrogen and oxygen atoms in total. The van der Waals surface area contributed by atoms with E-state index < -0.39 is 0 Å². The lowest BCUT2D eigenvalue weighted by Gasteiger charge is -2.01. The van der Waals surface area contributed by atoms with Gasteiger partial charge in [-0.1, -0.05) is 13.8 Å². The molecule has 0 spiro atoms. The van der Waals surface area contributed by atoms with Gasteiger partial charge in [-0.15, -0.1) is 0 Å². The summed E-state index contributed by atoms with van der Waals surface area (Å²) in [7, 11) is 0. The molecule has 0 bridgehead atoms. The number of rotatable bonds is 4. The Balaban J connectivity index is 2.60. The number of nitrogens with zero attached hydrogens (tertiary/aromatic N) is 1. The molecule has 1 aromatic rings. The van der Waals surface area contributed by atoms with Crippen molar-refractivity contribution in [2.45, 2.75) is 33.2 Å². The van der Waals surface area contributed by atoms with E-state index in [4.69, 9.17) is 5.73 Å². The van der Waals surface area contributed by atoms with Gasteiger partial charge in [0, 0.05) is 5.69 Å². The maximum Gasteiger partial charge on any atom is 0.127 e. The zero-order valence-corrected chi connectivity index (χ0v) is 9.69. The smallest absolute Gasteiger partial charge is 0.127 e. The number of H-pyrrole nitrogens is 1. The first-order valence-electron chi connectivity index (χ1n) is 4.56. The van der Waals surface area contributed by atoms with E-state index in [1.54, 1.807) is 0 Å². The third-order valence-electron chi connectivity index (χ3n) is 1.94. The molecule has 0 aliphatic carbocycles. The standard InChI is InChI=1S/C9H16BrN3/c1-6(2)3-4-7-9(10)13-8(5-11)12-7/h6H,3-5,11H2,1-2H3,(H,12,13). The van der Waals surface area contributed by atoms with Gasteiger partial charge in [0.2, 0.25) is 0 Å². The molecular formula is C9H16BrN3. The average Bonchev–Trinajstić information content (AvgIpc) is 2.43. The second kappa shape index (κ2) is 4.77. The van der Waals surface area contributed by atoms with Gasteiger partial charge in [0.05, 0.1) is 6.54 Å². The second-order valence-electron chi connectivity index (χ2n) is 3.59. The van der Waals surface area contributed by atoms with Gasteiger partial charge >= 0.3 is 0 Å². The molecule has 1 aromatic heterocycles. The highest BCUT2D eigenvalue weighted by atomic mass is 79.9. The number of aromatic amines is 1. The minimum Gasteiger partial charge on any atom is -0.344 e. The minimum atomic E-state index is 0.472. The molecule has 0 aromatic carbocycles. The predicted octanol–water partition coefficient (Wildman–Crippen LogP) is 2.22. The average molecular weight is 246 g/mol. The van der Waals surface area contributed by atoms with Crippen molar-refractivity contribution >= 4 is 15.9 Å². The van der Waals surface area contributed by atoms with Crippen molar-refractivity contribution in [3.63, 3.8) is 0 Å². The Hall–Kier alpha value is -0.350. The normalized spacial score (nSPS) is 11.2. The molecule has 0 saturated heterocycles. The molecule has 1 heterocycles. The molecule has 0 fully saturated rings. The van der Waals surface area contributed by atoms with Gasteiger partial charge in [-0.05, 0) is 34.7 Å². The van der Waals surface area contributed by atoms with Gasteiger partial charge in [0.1, 0.15) is 10.4 Å². The lowest BCUT2D eigenvalue weighted by Crippen LogP contribution is -1.98. The third kappa shape index (κ3) is 3.12. The summed E-state index contributed by atoms with van der Waals surface area (Å²) in [5, 5.41) is 0. The van der Waals surface area contributed by atoms with Crippen molar-refractivity contribution in [3.8, 4) is 0 Å². The van der Waals surface area contributed by atoms with Crippen LogP contribution < -0.4 is 5.73 Å². The molecule has 3 N–H and O–H groups in total. The van der Waals surface area contributed by atoms with E-state index in [0.29, 0.717) is 6.54 Å². The van der Waals surface area contributed by atoms with Gasteiger partial charge in [-0.25, -0.2) is 4.98 Å². The fourth-order valence-electron chi connectivity index (χ4n) is 1.14. The number of aryl methyl sites for hydroxylation is 1. The number of hydrogen-bond acceptors (Lipinski definition) is 2. The number of aromatic nitrogens is 2. The van der Waals surface area contributed by atoms with E-state index in [0.717, 1.165) is 28.5 Å². The summed E-state index contributed by atoms with van der Waals surface area (Å²) in [6, 6.07) is 0. The lowest BCUT2D eigenvalue weighted by molar-refractivity contribution is 0.581. The van der Waals surface area contributed by atoms with Crippen molar-refractivity contribution < 1.29 is 0 Å². The first-order valence-corrected chi connectivity index (χ1v) is 5.36.